The zero-order valence-electron chi connectivity index (χ0n) is 14.2. The summed E-state index contributed by atoms with van der Waals surface area (Å²) in [5.41, 5.74) is 2.05. The first-order valence-corrected chi connectivity index (χ1v) is 8.67. The van der Waals surface area contributed by atoms with Gasteiger partial charge in [0.2, 0.25) is 0 Å². The number of nitrogens with two attached hydrogens (primary N) is 1. The fourth-order valence-corrected chi connectivity index (χ4v) is 3.39. The highest BCUT2D eigenvalue weighted by atomic mass is 35.5. The fraction of sp³-hybridized carbons (Fsp3) is 0.389. The SMILES string of the molecule is C.CN(N)c1ncnc2c1ncn2C1CCC(C(O)c2ccc(Cl)cc2)O1. The van der Waals surface area contributed by atoms with Crippen molar-refractivity contribution < 1.29 is 9.84 Å². The van der Waals surface area contributed by atoms with E-state index < -0.39 is 6.10 Å². The molecule has 1 fully saturated rings. The van der Waals surface area contributed by atoms with Crippen molar-refractivity contribution in [3.8, 4) is 0 Å². The van der Waals surface area contributed by atoms with Crippen molar-refractivity contribution in [1.82, 2.24) is 19.5 Å². The normalized spacial score (nSPS) is 20.4. The number of hydrazine groups is 1. The van der Waals surface area contributed by atoms with Gasteiger partial charge in [0.1, 0.15) is 18.7 Å². The number of anilines is 1. The molecule has 0 radical (unpaired) electrons. The van der Waals surface area contributed by atoms with Crippen LogP contribution >= 0.6 is 11.6 Å². The largest absolute Gasteiger partial charge is 0.386 e. The summed E-state index contributed by atoms with van der Waals surface area (Å²) < 4.78 is 7.96. The van der Waals surface area contributed by atoms with Crippen LogP contribution in [0.1, 0.15) is 38.2 Å². The van der Waals surface area contributed by atoms with Crippen LogP contribution in [0.25, 0.3) is 11.2 Å². The lowest BCUT2D eigenvalue weighted by Crippen LogP contribution is -2.26. The van der Waals surface area contributed by atoms with Crippen molar-refractivity contribution in [3.05, 3.63) is 47.5 Å². The first-order chi connectivity index (χ1) is 12.5. The second kappa shape index (κ2) is 7.77. The number of rotatable bonds is 4. The number of hydrogen-bond acceptors (Lipinski definition) is 7. The Labute approximate surface area is 162 Å². The van der Waals surface area contributed by atoms with Gasteiger partial charge in [0.15, 0.2) is 17.0 Å². The summed E-state index contributed by atoms with van der Waals surface area (Å²) in [7, 11) is 1.70. The van der Waals surface area contributed by atoms with E-state index in [4.69, 9.17) is 22.2 Å². The Morgan fingerprint density at radius 2 is 2.00 bits per heavy atom. The third-order valence-corrected chi connectivity index (χ3v) is 4.83. The van der Waals surface area contributed by atoms with E-state index in [1.54, 1.807) is 25.5 Å². The molecular weight excluding hydrogens is 368 g/mol. The van der Waals surface area contributed by atoms with Gasteiger partial charge in [-0.2, -0.15) is 0 Å². The number of benzene rings is 1. The van der Waals surface area contributed by atoms with Crippen molar-refractivity contribution in [3.63, 3.8) is 0 Å². The Kier molecular flexibility index (Phi) is 5.61. The number of halogens is 1. The topological polar surface area (TPSA) is 102 Å². The molecule has 144 valence electrons. The minimum Gasteiger partial charge on any atom is -0.386 e. The Morgan fingerprint density at radius 3 is 2.70 bits per heavy atom. The number of nitrogens with zero attached hydrogens (tertiary/aromatic N) is 5. The molecule has 3 N–H and O–H groups in total. The van der Waals surface area contributed by atoms with Gasteiger partial charge in [-0.25, -0.2) is 20.8 Å². The van der Waals surface area contributed by atoms with Crippen LogP contribution in [-0.2, 0) is 4.74 Å². The maximum absolute atomic E-state index is 10.6. The molecule has 1 aromatic carbocycles. The number of aromatic nitrogens is 4. The Morgan fingerprint density at radius 1 is 1.26 bits per heavy atom. The standard InChI is InChI=1S/C17H19ClN6O2.CH4/c1-23(19)16-14-17(21-8-20-16)24(9-22-14)13-7-6-12(26-13)15(25)10-2-4-11(18)5-3-10;/h2-5,8-9,12-13,15,25H,6-7,19H2,1H3;1H4. The molecule has 9 heteroatoms. The predicted molar refractivity (Wildman–Crippen MR) is 104 cm³/mol. The van der Waals surface area contributed by atoms with E-state index in [0.29, 0.717) is 22.0 Å². The average Bonchev–Trinajstić information content (AvgIpc) is 3.28. The molecule has 0 saturated carbocycles. The molecule has 8 nitrogen and oxygen atoms in total. The van der Waals surface area contributed by atoms with E-state index in [0.717, 1.165) is 18.4 Å². The lowest BCUT2D eigenvalue weighted by atomic mass is 10.0. The molecule has 0 aliphatic carbocycles. The molecule has 4 rings (SSSR count). The van der Waals surface area contributed by atoms with Crippen molar-refractivity contribution in [1.29, 1.82) is 0 Å². The minimum absolute atomic E-state index is 0. The highest BCUT2D eigenvalue weighted by Crippen LogP contribution is 2.36. The first-order valence-electron chi connectivity index (χ1n) is 8.29. The van der Waals surface area contributed by atoms with Gasteiger partial charge in [0.05, 0.1) is 12.4 Å². The molecule has 27 heavy (non-hydrogen) atoms. The molecule has 3 unspecified atom stereocenters. The molecule has 1 aliphatic heterocycles. The summed E-state index contributed by atoms with van der Waals surface area (Å²) in [4.78, 5) is 12.9. The fourth-order valence-electron chi connectivity index (χ4n) is 3.26. The van der Waals surface area contributed by atoms with Crippen molar-refractivity contribution in [2.45, 2.75) is 38.7 Å². The number of fused-ring (bicyclic) bond motifs is 1. The Hall–Kier alpha value is -2.26. The first kappa shape index (κ1) is 19.5. The van der Waals surface area contributed by atoms with Crippen LogP contribution in [0.3, 0.4) is 0 Å². The Bertz CT molecular complexity index is 914. The zero-order valence-corrected chi connectivity index (χ0v) is 14.9. The predicted octanol–water partition coefficient (Wildman–Crippen LogP) is 2.84. The van der Waals surface area contributed by atoms with Gasteiger partial charge in [0.25, 0.3) is 0 Å². The quantitative estimate of drug-likeness (QED) is 0.521. The van der Waals surface area contributed by atoms with Gasteiger partial charge in [0, 0.05) is 12.1 Å². The van der Waals surface area contributed by atoms with E-state index in [9.17, 15) is 5.11 Å². The molecule has 0 amide bonds. The van der Waals surface area contributed by atoms with E-state index in [-0.39, 0.29) is 19.8 Å². The average molecular weight is 391 g/mol. The van der Waals surface area contributed by atoms with E-state index in [1.807, 2.05) is 16.7 Å². The number of hydrogen-bond donors (Lipinski definition) is 2. The summed E-state index contributed by atoms with van der Waals surface area (Å²) >= 11 is 5.91. The van der Waals surface area contributed by atoms with Gasteiger partial charge >= 0.3 is 0 Å². The Balaban J connectivity index is 0.00000210. The van der Waals surface area contributed by atoms with Crippen molar-refractivity contribution >= 4 is 28.6 Å². The highest BCUT2D eigenvalue weighted by molar-refractivity contribution is 6.30. The number of aliphatic hydroxyl groups excluding tert-OH is 1. The van der Waals surface area contributed by atoms with Crippen LogP contribution in [0.15, 0.2) is 36.9 Å². The van der Waals surface area contributed by atoms with Crippen LogP contribution in [0.4, 0.5) is 5.82 Å². The second-order valence-electron chi connectivity index (χ2n) is 6.34. The molecule has 3 heterocycles. The van der Waals surface area contributed by atoms with E-state index >= 15 is 0 Å². The third kappa shape index (κ3) is 3.61. The van der Waals surface area contributed by atoms with Gasteiger partial charge in [-0.3, -0.25) is 9.58 Å². The second-order valence-corrected chi connectivity index (χ2v) is 6.77. The molecular formula is C18H23ClN6O2. The lowest BCUT2D eigenvalue weighted by Gasteiger charge is -2.20. The van der Waals surface area contributed by atoms with Gasteiger partial charge in [-0.05, 0) is 30.5 Å². The monoisotopic (exact) mass is 390 g/mol. The summed E-state index contributed by atoms with van der Waals surface area (Å²) in [6.07, 6.45) is 3.33. The van der Waals surface area contributed by atoms with E-state index in [2.05, 4.69) is 15.0 Å². The van der Waals surface area contributed by atoms with Gasteiger partial charge in [-0.1, -0.05) is 31.2 Å². The van der Waals surface area contributed by atoms with Crippen molar-refractivity contribution in [2.75, 3.05) is 12.1 Å². The molecule has 3 atom stereocenters. The van der Waals surface area contributed by atoms with Crippen LogP contribution < -0.4 is 10.9 Å². The van der Waals surface area contributed by atoms with E-state index in [1.165, 1.54) is 11.3 Å². The lowest BCUT2D eigenvalue weighted by molar-refractivity contribution is -0.0592. The number of imidazole rings is 1. The highest BCUT2D eigenvalue weighted by Gasteiger charge is 2.33. The summed E-state index contributed by atoms with van der Waals surface area (Å²) in [5, 5.41) is 12.7. The van der Waals surface area contributed by atoms with Crippen LogP contribution in [0.2, 0.25) is 5.02 Å². The number of ether oxygens (including phenoxy) is 1. The molecule has 1 aliphatic rings. The van der Waals surface area contributed by atoms with Crippen molar-refractivity contribution in [2.24, 2.45) is 5.84 Å². The molecule has 3 aromatic rings. The molecule has 0 spiro atoms. The van der Waals surface area contributed by atoms with Crippen LogP contribution in [-0.4, -0.2) is 37.8 Å². The molecule has 0 bridgehead atoms. The zero-order chi connectivity index (χ0) is 18.3. The van der Waals surface area contributed by atoms with Gasteiger partial charge < -0.3 is 9.84 Å². The third-order valence-electron chi connectivity index (χ3n) is 4.58. The summed E-state index contributed by atoms with van der Waals surface area (Å²) in [6, 6.07) is 7.15. The smallest absolute Gasteiger partial charge is 0.174 e. The summed E-state index contributed by atoms with van der Waals surface area (Å²) in [6.45, 7) is 0. The van der Waals surface area contributed by atoms with Crippen LogP contribution in [0, 0.1) is 0 Å². The maximum atomic E-state index is 10.6. The minimum atomic E-state index is -0.715. The molecule has 2 aromatic heterocycles. The molecule has 1 saturated heterocycles. The summed E-state index contributed by atoms with van der Waals surface area (Å²) in [5.74, 6) is 6.35. The number of aliphatic hydroxyl groups is 1. The van der Waals surface area contributed by atoms with Gasteiger partial charge in [-0.15, -0.1) is 0 Å². The maximum Gasteiger partial charge on any atom is 0.174 e. The van der Waals surface area contributed by atoms with Crippen LogP contribution in [0.5, 0.6) is 0 Å².